The molecule has 2 fully saturated rings. The fourth-order valence-electron chi connectivity index (χ4n) is 2.92. The number of hydrogen-bond acceptors (Lipinski definition) is 4. The lowest BCUT2D eigenvalue weighted by atomic mass is 9.79. The van der Waals surface area contributed by atoms with Crippen LogP contribution in [0.4, 0.5) is 0 Å². The highest BCUT2D eigenvalue weighted by atomic mass is 16.7. The minimum Gasteiger partial charge on any atom is -0.384 e. The van der Waals surface area contributed by atoms with Gasteiger partial charge in [0.25, 0.3) is 0 Å². The molecule has 0 radical (unpaired) electrons. The van der Waals surface area contributed by atoms with Gasteiger partial charge in [-0.1, -0.05) is 0 Å². The van der Waals surface area contributed by atoms with E-state index in [0.717, 1.165) is 18.5 Å². The quantitative estimate of drug-likeness (QED) is 0.790. The molecule has 0 atom stereocenters. The van der Waals surface area contributed by atoms with Crippen molar-refractivity contribution >= 4 is 0 Å². The van der Waals surface area contributed by atoms with Crippen LogP contribution in [0.3, 0.4) is 0 Å². The van der Waals surface area contributed by atoms with E-state index in [4.69, 9.17) is 9.47 Å². The lowest BCUT2D eigenvalue weighted by Crippen LogP contribution is -2.42. The van der Waals surface area contributed by atoms with E-state index in [-0.39, 0.29) is 0 Å². The first-order valence-corrected chi connectivity index (χ1v) is 6.12. The first-order valence-electron chi connectivity index (χ1n) is 6.12. The van der Waals surface area contributed by atoms with Gasteiger partial charge in [-0.3, -0.25) is 4.68 Å². The summed E-state index contributed by atoms with van der Waals surface area (Å²) in [7, 11) is 1.86. The van der Waals surface area contributed by atoms with Crippen LogP contribution in [0.25, 0.3) is 0 Å². The van der Waals surface area contributed by atoms with Crippen molar-refractivity contribution in [2.75, 3.05) is 13.2 Å². The molecule has 2 heterocycles. The van der Waals surface area contributed by atoms with Gasteiger partial charge in [0.2, 0.25) is 0 Å². The van der Waals surface area contributed by atoms with E-state index in [1.165, 1.54) is 0 Å². The van der Waals surface area contributed by atoms with Crippen LogP contribution >= 0.6 is 0 Å². The molecule has 0 aromatic carbocycles. The van der Waals surface area contributed by atoms with Crippen molar-refractivity contribution in [2.24, 2.45) is 7.05 Å². The Morgan fingerprint density at radius 1 is 1.24 bits per heavy atom. The number of rotatable bonds is 1. The number of aromatic nitrogens is 2. The van der Waals surface area contributed by atoms with Crippen molar-refractivity contribution < 1.29 is 14.6 Å². The number of aryl methyl sites for hydroxylation is 1. The molecule has 1 N–H and O–H groups in total. The Morgan fingerprint density at radius 3 is 2.41 bits per heavy atom. The van der Waals surface area contributed by atoms with Gasteiger partial charge in [-0.05, 0) is 18.9 Å². The summed E-state index contributed by atoms with van der Waals surface area (Å²) in [4.78, 5) is 0. The molecule has 1 aliphatic carbocycles. The average molecular weight is 238 g/mol. The van der Waals surface area contributed by atoms with Crippen LogP contribution in [-0.2, 0) is 22.1 Å². The van der Waals surface area contributed by atoms with E-state index in [2.05, 4.69) is 5.10 Å². The number of hydrogen-bond donors (Lipinski definition) is 1. The highest BCUT2D eigenvalue weighted by molar-refractivity contribution is 5.13. The molecule has 17 heavy (non-hydrogen) atoms. The Kier molecular flexibility index (Phi) is 2.50. The fourth-order valence-corrected chi connectivity index (χ4v) is 2.92. The molecule has 94 valence electrons. The molecule has 1 spiro atoms. The smallest absolute Gasteiger partial charge is 0.168 e. The minimum atomic E-state index is -0.786. The Bertz CT molecular complexity index is 400. The van der Waals surface area contributed by atoms with E-state index in [1.54, 1.807) is 10.9 Å². The summed E-state index contributed by atoms with van der Waals surface area (Å²) < 4.78 is 13.1. The maximum atomic E-state index is 10.7. The highest BCUT2D eigenvalue weighted by Gasteiger charge is 2.47. The van der Waals surface area contributed by atoms with Gasteiger partial charge in [-0.2, -0.15) is 5.10 Å². The second-order valence-corrected chi connectivity index (χ2v) is 4.98. The Balaban J connectivity index is 1.77. The predicted octanol–water partition coefficient (Wildman–Crippen LogP) is 0.925. The van der Waals surface area contributed by atoms with E-state index < -0.39 is 11.4 Å². The largest absolute Gasteiger partial charge is 0.384 e. The molecular formula is C12H18N2O3. The molecule has 1 aromatic rings. The molecule has 5 nitrogen and oxygen atoms in total. The molecule has 0 amide bonds. The van der Waals surface area contributed by atoms with Crippen molar-refractivity contribution in [1.29, 1.82) is 0 Å². The monoisotopic (exact) mass is 238 g/mol. The van der Waals surface area contributed by atoms with E-state index in [9.17, 15) is 5.11 Å². The molecule has 5 heteroatoms. The molecule has 0 unspecified atom stereocenters. The average Bonchev–Trinajstić information content (AvgIpc) is 2.94. The second kappa shape index (κ2) is 3.80. The van der Waals surface area contributed by atoms with E-state index >= 15 is 0 Å². The van der Waals surface area contributed by atoms with Crippen LogP contribution in [0.2, 0.25) is 0 Å². The molecule has 2 aliphatic rings. The van der Waals surface area contributed by atoms with Gasteiger partial charge in [-0.15, -0.1) is 0 Å². The first kappa shape index (κ1) is 11.2. The maximum Gasteiger partial charge on any atom is 0.168 e. The molecule has 0 bridgehead atoms. The van der Waals surface area contributed by atoms with Crippen LogP contribution in [0.15, 0.2) is 12.3 Å². The van der Waals surface area contributed by atoms with Crippen molar-refractivity contribution in [1.82, 2.24) is 9.78 Å². The van der Waals surface area contributed by atoms with Gasteiger partial charge in [0, 0.05) is 26.1 Å². The van der Waals surface area contributed by atoms with Crippen LogP contribution < -0.4 is 0 Å². The SMILES string of the molecule is Cn1nccc1C1(O)CCC2(CC1)OCCO2. The first-order chi connectivity index (χ1) is 8.14. The zero-order chi connectivity index (χ0) is 11.9. The van der Waals surface area contributed by atoms with Crippen LogP contribution in [0.1, 0.15) is 31.4 Å². The Labute approximate surface area is 100 Å². The van der Waals surface area contributed by atoms with Crippen molar-refractivity contribution in [3.05, 3.63) is 18.0 Å². The fraction of sp³-hybridized carbons (Fsp3) is 0.750. The maximum absolute atomic E-state index is 10.7. The standard InChI is InChI=1S/C12H18N2O3/c1-14-10(2-7-13-14)11(15)3-5-12(6-4-11)16-8-9-17-12/h2,7,15H,3-6,8-9H2,1H3. The van der Waals surface area contributed by atoms with Gasteiger partial charge >= 0.3 is 0 Å². The summed E-state index contributed by atoms with van der Waals surface area (Å²) in [5.41, 5.74) is 0.0940. The van der Waals surface area contributed by atoms with Gasteiger partial charge in [0.1, 0.15) is 5.60 Å². The summed E-state index contributed by atoms with van der Waals surface area (Å²) in [6, 6.07) is 1.88. The van der Waals surface area contributed by atoms with Gasteiger partial charge in [0.05, 0.1) is 18.9 Å². The highest BCUT2D eigenvalue weighted by Crippen LogP contribution is 2.44. The van der Waals surface area contributed by atoms with Gasteiger partial charge < -0.3 is 14.6 Å². The Hall–Kier alpha value is -0.910. The normalized spacial score (nSPS) is 26.5. The molecule has 3 rings (SSSR count). The number of ether oxygens (including phenoxy) is 2. The lowest BCUT2D eigenvalue weighted by Gasteiger charge is -2.40. The minimum absolute atomic E-state index is 0.426. The van der Waals surface area contributed by atoms with Gasteiger partial charge in [-0.25, -0.2) is 0 Å². The van der Waals surface area contributed by atoms with E-state index in [0.29, 0.717) is 26.1 Å². The molecule has 1 saturated heterocycles. The molecule has 1 saturated carbocycles. The Morgan fingerprint density at radius 2 is 1.88 bits per heavy atom. The van der Waals surface area contributed by atoms with E-state index in [1.807, 2.05) is 13.1 Å². The summed E-state index contributed by atoms with van der Waals surface area (Å²) in [5.74, 6) is -0.426. The van der Waals surface area contributed by atoms with Crippen molar-refractivity contribution in [2.45, 2.75) is 37.1 Å². The summed E-state index contributed by atoms with van der Waals surface area (Å²) in [5, 5.41) is 14.8. The van der Waals surface area contributed by atoms with Crippen LogP contribution in [-0.4, -0.2) is 33.9 Å². The third-order valence-corrected chi connectivity index (χ3v) is 3.95. The zero-order valence-corrected chi connectivity index (χ0v) is 10.1. The van der Waals surface area contributed by atoms with Gasteiger partial charge in [0.15, 0.2) is 5.79 Å². The van der Waals surface area contributed by atoms with Crippen molar-refractivity contribution in [3.63, 3.8) is 0 Å². The zero-order valence-electron chi connectivity index (χ0n) is 10.1. The van der Waals surface area contributed by atoms with Crippen molar-refractivity contribution in [3.8, 4) is 0 Å². The topological polar surface area (TPSA) is 56.5 Å². The molecule has 1 aliphatic heterocycles. The lowest BCUT2D eigenvalue weighted by molar-refractivity contribution is -0.205. The predicted molar refractivity (Wildman–Crippen MR) is 60.2 cm³/mol. The summed E-state index contributed by atoms with van der Waals surface area (Å²) in [6.07, 6.45) is 4.53. The number of aliphatic hydroxyl groups is 1. The van der Waals surface area contributed by atoms with Crippen LogP contribution in [0, 0.1) is 0 Å². The molecular weight excluding hydrogens is 220 g/mol. The third-order valence-electron chi connectivity index (χ3n) is 3.95. The second-order valence-electron chi connectivity index (χ2n) is 4.98. The number of nitrogens with zero attached hydrogens (tertiary/aromatic N) is 2. The summed E-state index contributed by atoms with van der Waals surface area (Å²) >= 11 is 0. The molecule has 1 aromatic heterocycles. The summed E-state index contributed by atoms with van der Waals surface area (Å²) in [6.45, 7) is 1.34. The third kappa shape index (κ3) is 1.78. The van der Waals surface area contributed by atoms with Crippen LogP contribution in [0.5, 0.6) is 0 Å².